The topological polar surface area (TPSA) is 3.24 Å². The molecule has 0 saturated heterocycles. The number of benzene rings is 2. The molecule has 1 heteroatoms. The van der Waals surface area contributed by atoms with Crippen molar-refractivity contribution in [3.05, 3.63) is 71.8 Å². The summed E-state index contributed by atoms with van der Waals surface area (Å²) < 4.78 is 0. The summed E-state index contributed by atoms with van der Waals surface area (Å²) in [4.78, 5) is 2.25. The number of aryl methyl sites for hydroxylation is 1. The van der Waals surface area contributed by atoms with Crippen LogP contribution in [0.1, 0.15) is 86.8 Å². The Kier molecular flexibility index (Phi) is 25.1. The van der Waals surface area contributed by atoms with E-state index in [0.717, 1.165) is 19.5 Å². The minimum absolute atomic E-state index is 0.335. The highest BCUT2D eigenvalue weighted by Crippen LogP contribution is 2.25. The molecule has 0 N–H and O–H groups in total. The molecule has 29 heavy (non-hydrogen) atoms. The SMILES string of the molecule is CC.CC.CCC(C)(C)c1ccccc1.CCN(C)CC.CCc1ccccc1. The zero-order chi connectivity index (χ0) is 23.1. The lowest BCUT2D eigenvalue weighted by atomic mass is 9.82. The van der Waals surface area contributed by atoms with Crippen LogP contribution in [0, 0.1) is 0 Å². The van der Waals surface area contributed by atoms with Crippen molar-refractivity contribution in [1.29, 1.82) is 0 Å². The minimum Gasteiger partial charge on any atom is -0.307 e. The molecule has 0 bridgehead atoms. The first-order valence-corrected chi connectivity index (χ1v) is 11.7. The van der Waals surface area contributed by atoms with Crippen LogP contribution in [0.15, 0.2) is 60.7 Å². The molecule has 0 aromatic heterocycles. The molecule has 0 radical (unpaired) electrons. The van der Waals surface area contributed by atoms with Crippen molar-refractivity contribution in [1.82, 2.24) is 4.90 Å². The lowest BCUT2D eigenvalue weighted by Crippen LogP contribution is -2.15. The lowest BCUT2D eigenvalue weighted by Gasteiger charge is -2.22. The first-order valence-electron chi connectivity index (χ1n) is 11.7. The third kappa shape index (κ3) is 18.2. The van der Waals surface area contributed by atoms with Gasteiger partial charge in [0.1, 0.15) is 0 Å². The second-order valence-electron chi connectivity index (χ2n) is 6.93. The Morgan fingerprint density at radius 2 is 1.03 bits per heavy atom. The number of rotatable bonds is 5. The average molecular weight is 402 g/mol. The summed E-state index contributed by atoms with van der Waals surface area (Å²) in [6.45, 7) is 23.6. The smallest absolute Gasteiger partial charge is 0.00504 e. The second kappa shape index (κ2) is 22.7. The van der Waals surface area contributed by atoms with Crippen LogP contribution in [-0.4, -0.2) is 25.0 Å². The van der Waals surface area contributed by atoms with E-state index in [0.29, 0.717) is 5.41 Å². The van der Waals surface area contributed by atoms with Gasteiger partial charge in [-0.15, -0.1) is 0 Å². The Labute approximate surface area is 184 Å². The lowest BCUT2D eigenvalue weighted by molar-refractivity contribution is 0.373. The van der Waals surface area contributed by atoms with Gasteiger partial charge in [-0.1, -0.05) is 130 Å². The highest BCUT2D eigenvalue weighted by Gasteiger charge is 2.16. The summed E-state index contributed by atoms with van der Waals surface area (Å²) in [5, 5.41) is 0. The Balaban J connectivity index is -0.000000334. The summed E-state index contributed by atoms with van der Waals surface area (Å²) in [5.41, 5.74) is 3.18. The third-order valence-corrected chi connectivity index (χ3v) is 4.77. The highest BCUT2D eigenvalue weighted by atomic mass is 15.1. The van der Waals surface area contributed by atoms with E-state index in [4.69, 9.17) is 0 Å². The van der Waals surface area contributed by atoms with Gasteiger partial charge in [-0.05, 0) is 49.5 Å². The summed E-state index contributed by atoms with van der Waals surface area (Å²) in [6, 6.07) is 21.1. The Bertz CT molecular complexity index is 513. The maximum atomic E-state index is 2.28. The number of hydrogen-bond donors (Lipinski definition) is 0. The Hall–Kier alpha value is -1.60. The van der Waals surface area contributed by atoms with Gasteiger partial charge in [0.2, 0.25) is 0 Å². The first-order chi connectivity index (χ1) is 13.9. The third-order valence-electron chi connectivity index (χ3n) is 4.77. The van der Waals surface area contributed by atoms with Crippen molar-refractivity contribution in [2.45, 2.75) is 87.5 Å². The zero-order valence-corrected chi connectivity index (χ0v) is 21.5. The van der Waals surface area contributed by atoms with E-state index in [1.54, 1.807) is 0 Å². The van der Waals surface area contributed by atoms with E-state index in [2.05, 4.69) is 108 Å². The molecular weight excluding hydrogens is 350 g/mol. The van der Waals surface area contributed by atoms with Crippen molar-refractivity contribution < 1.29 is 0 Å². The standard InChI is InChI=1S/C11H16.C8H10.C5H13N.2C2H6/c1-4-11(2,3)10-8-6-5-7-9-10;1-2-8-6-4-3-5-7-8;1-4-6(3)5-2;2*1-2/h5-9H,4H2,1-3H3;3-7H,2H2,1H3;4-5H2,1-3H3;2*1-2H3. The molecular formula is C28H51N. The van der Waals surface area contributed by atoms with Gasteiger partial charge in [0.15, 0.2) is 0 Å². The monoisotopic (exact) mass is 401 g/mol. The predicted octanol–water partition coefficient (Wildman–Crippen LogP) is 8.63. The van der Waals surface area contributed by atoms with Gasteiger partial charge in [-0.25, -0.2) is 0 Å². The van der Waals surface area contributed by atoms with Crippen LogP contribution in [0.2, 0.25) is 0 Å². The van der Waals surface area contributed by atoms with Crippen molar-refractivity contribution in [3.8, 4) is 0 Å². The van der Waals surface area contributed by atoms with Gasteiger partial charge in [0.25, 0.3) is 0 Å². The van der Waals surface area contributed by atoms with Crippen LogP contribution in [0.25, 0.3) is 0 Å². The van der Waals surface area contributed by atoms with Gasteiger partial charge in [-0.2, -0.15) is 0 Å². The van der Waals surface area contributed by atoms with E-state index in [1.165, 1.54) is 17.5 Å². The van der Waals surface area contributed by atoms with Crippen LogP contribution in [0.3, 0.4) is 0 Å². The van der Waals surface area contributed by atoms with Crippen LogP contribution >= 0.6 is 0 Å². The molecule has 0 saturated carbocycles. The van der Waals surface area contributed by atoms with E-state index >= 15 is 0 Å². The largest absolute Gasteiger partial charge is 0.307 e. The molecule has 0 heterocycles. The predicted molar refractivity (Wildman–Crippen MR) is 137 cm³/mol. The van der Waals surface area contributed by atoms with Gasteiger partial charge < -0.3 is 4.90 Å². The van der Waals surface area contributed by atoms with Crippen molar-refractivity contribution in [2.75, 3.05) is 20.1 Å². The molecule has 2 aromatic carbocycles. The zero-order valence-electron chi connectivity index (χ0n) is 21.5. The molecule has 2 aromatic rings. The summed E-state index contributed by atoms with van der Waals surface area (Å²) in [7, 11) is 2.11. The molecule has 0 atom stereocenters. The average Bonchev–Trinajstić information content (AvgIpc) is 2.83. The van der Waals surface area contributed by atoms with Crippen LogP contribution in [-0.2, 0) is 11.8 Å². The van der Waals surface area contributed by atoms with Gasteiger partial charge in [-0.3, -0.25) is 0 Å². The van der Waals surface area contributed by atoms with Gasteiger partial charge in [0, 0.05) is 0 Å². The molecule has 0 unspecified atom stereocenters. The van der Waals surface area contributed by atoms with Crippen LogP contribution < -0.4 is 0 Å². The molecule has 0 spiro atoms. The molecule has 2 rings (SSSR count). The summed E-state index contributed by atoms with van der Waals surface area (Å²) >= 11 is 0. The molecule has 0 aliphatic heterocycles. The van der Waals surface area contributed by atoms with E-state index in [1.807, 2.05) is 33.8 Å². The van der Waals surface area contributed by atoms with Crippen molar-refractivity contribution >= 4 is 0 Å². The highest BCUT2D eigenvalue weighted by molar-refractivity contribution is 5.22. The molecule has 168 valence electrons. The normalized spacial score (nSPS) is 9.38. The maximum absolute atomic E-state index is 2.28. The van der Waals surface area contributed by atoms with E-state index < -0.39 is 0 Å². The molecule has 1 nitrogen and oxygen atoms in total. The van der Waals surface area contributed by atoms with Crippen molar-refractivity contribution in [3.63, 3.8) is 0 Å². The van der Waals surface area contributed by atoms with Crippen molar-refractivity contribution in [2.24, 2.45) is 0 Å². The second-order valence-corrected chi connectivity index (χ2v) is 6.93. The van der Waals surface area contributed by atoms with Gasteiger partial charge >= 0.3 is 0 Å². The van der Waals surface area contributed by atoms with Gasteiger partial charge in [0.05, 0.1) is 0 Å². The molecule has 0 fully saturated rings. The summed E-state index contributed by atoms with van der Waals surface area (Å²) in [6.07, 6.45) is 2.33. The molecule has 0 amide bonds. The summed E-state index contributed by atoms with van der Waals surface area (Å²) in [5.74, 6) is 0. The Morgan fingerprint density at radius 1 is 0.655 bits per heavy atom. The van der Waals surface area contributed by atoms with Crippen LogP contribution in [0.5, 0.6) is 0 Å². The maximum Gasteiger partial charge on any atom is -0.00504 e. The van der Waals surface area contributed by atoms with E-state index in [9.17, 15) is 0 Å². The molecule has 0 aliphatic carbocycles. The number of hydrogen-bond acceptors (Lipinski definition) is 1. The fourth-order valence-corrected chi connectivity index (χ4v) is 2.03. The first kappa shape index (κ1) is 32.1. The minimum atomic E-state index is 0.335. The number of nitrogens with zero attached hydrogens (tertiary/aromatic N) is 1. The fraction of sp³-hybridized carbons (Fsp3) is 0.571. The fourth-order valence-electron chi connectivity index (χ4n) is 2.03. The quantitative estimate of drug-likeness (QED) is 0.484. The Morgan fingerprint density at radius 3 is 1.28 bits per heavy atom. The van der Waals surface area contributed by atoms with E-state index in [-0.39, 0.29) is 0 Å². The molecule has 0 aliphatic rings. The van der Waals surface area contributed by atoms with Crippen LogP contribution in [0.4, 0.5) is 0 Å².